The summed E-state index contributed by atoms with van der Waals surface area (Å²) in [6.45, 7) is 3.19. The number of H-pyrrole nitrogens is 1. The Morgan fingerprint density at radius 3 is 2.43 bits per heavy atom. The van der Waals surface area contributed by atoms with Crippen LogP contribution in [0.3, 0.4) is 0 Å². The Morgan fingerprint density at radius 2 is 1.68 bits per heavy atom. The summed E-state index contributed by atoms with van der Waals surface area (Å²) in [5.74, 6) is -0.336. The number of rotatable bonds is 9. The van der Waals surface area contributed by atoms with Gasteiger partial charge < -0.3 is 15.4 Å². The average Bonchev–Trinajstić information content (AvgIpc) is 3.36. The number of aromatic nitrogens is 1. The van der Waals surface area contributed by atoms with E-state index in [9.17, 15) is 20.0 Å². The van der Waals surface area contributed by atoms with E-state index >= 15 is 0 Å². The number of carbonyl (C=O) groups is 1. The fraction of sp³-hybridized carbons (Fsp3) is 0.200. The Bertz CT molecular complexity index is 1820. The van der Waals surface area contributed by atoms with E-state index in [0.29, 0.717) is 33.4 Å². The van der Waals surface area contributed by atoms with Gasteiger partial charge in [0.2, 0.25) is 5.91 Å². The highest BCUT2D eigenvalue weighted by Crippen LogP contribution is 2.33. The summed E-state index contributed by atoms with van der Waals surface area (Å²) in [6.07, 6.45) is 3.79. The van der Waals surface area contributed by atoms with E-state index in [0.717, 1.165) is 30.9 Å². The molecule has 1 fully saturated rings. The molecule has 44 heavy (non-hydrogen) atoms. The number of anilines is 1. The van der Waals surface area contributed by atoms with Gasteiger partial charge in [-0.3, -0.25) is 19.8 Å². The molecule has 1 aromatic heterocycles. The highest BCUT2D eigenvalue weighted by Gasteiger charge is 2.20. The predicted molar refractivity (Wildman–Crippen MR) is 173 cm³/mol. The van der Waals surface area contributed by atoms with Gasteiger partial charge in [-0.2, -0.15) is 0 Å². The van der Waals surface area contributed by atoms with Crippen molar-refractivity contribution >= 4 is 39.6 Å². The van der Waals surface area contributed by atoms with E-state index in [4.69, 9.17) is 4.99 Å². The molecule has 9 heteroatoms. The summed E-state index contributed by atoms with van der Waals surface area (Å²) in [5.41, 5.74) is 5.66. The molecule has 0 bridgehead atoms. The molecular formula is C35H33N5O4. The Morgan fingerprint density at radius 1 is 0.909 bits per heavy atom. The normalized spacial score (nSPS) is 14.0. The second-order valence-electron chi connectivity index (χ2n) is 11.1. The molecule has 9 nitrogen and oxygen atoms in total. The third-order valence-electron chi connectivity index (χ3n) is 7.86. The fourth-order valence-corrected chi connectivity index (χ4v) is 5.71. The number of aliphatic imine (C=N–C) groups is 1. The van der Waals surface area contributed by atoms with Crippen molar-refractivity contribution in [2.75, 3.05) is 18.4 Å². The minimum Gasteiger partial charge on any atom is -0.494 e. The maximum Gasteiger partial charge on any atom is 0.269 e. The molecule has 0 aliphatic carbocycles. The number of piperidine rings is 1. The van der Waals surface area contributed by atoms with Gasteiger partial charge in [-0.05, 0) is 67.4 Å². The van der Waals surface area contributed by atoms with Crippen LogP contribution in [0.25, 0.3) is 10.9 Å². The maximum atomic E-state index is 12.9. The number of aromatic hydroxyl groups is 1. The molecule has 1 aliphatic rings. The maximum absolute atomic E-state index is 12.9. The van der Waals surface area contributed by atoms with Crippen molar-refractivity contribution in [3.05, 3.63) is 129 Å². The summed E-state index contributed by atoms with van der Waals surface area (Å²) in [6, 6.07) is 29.3. The third kappa shape index (κ3) is 6.68. The van der Waals surface area contributed by atoms with Crippen LogP contribution < -0.4 is 5.32 Å². The van der Waals surface area contributed by atoms with Gasteiger partial charge in [-0.25, -0.2) is 4.99 Å². The smallest absolute Gasteiger partial charge is 0.269 e. The SMILES string of the molecule is O=C(Cc1cccc([N+](=O)[O-])c1)Nc1ccc2[nH]c(O)c(C(=Nc3ccc(CN4CCCCC4)cc3)c3ccccc3)c2c1. The molecule has 2 heterocycles. The van der Waals surface area contributed by atoms with E-state index in [1.807, 2.05) is 42.5 Å². The second-order valence-corrected chi connectivity index (χ2v) is 11.1. The van der Waals surface area contributed by atoms with Crippen molar-refractivity contribution in [2.45, 2.75) is 32.2 Å². The predicted octanol–water partition coefficient (Wildman–Crippen LogP) is 7.12. The van der Waals surface area contributed by atoms with Crippen LogP contribution >= 0.6 is 0 Å². The zero-order chi connectivity index (χ0) is 30.5. The van der Waals surface area contributed by atoms with Crippen LogP contribution in [0.2, 0.25) is 0 Å². The molecule has 1 aliphatic heterocycles. The van der Waals surface area contributed by atoms with Crippen molar-refractivity contribution in [3.63, 3.8) is 0 Å². The summed E-state index contributed by atoms with van der Waals surface area (Å²) in [4.78, 5) is 34.1. The van der Waals surface area contributed by atoms with Gasteiger partial charge in [0.15, 0.2) is 5.88 Å². The number of aromatic amines is 1. The minimum atomic E-state index is -0.481. The van der Waals surface area contributed by atoms with Crippen LogP contribution in [0.5, 0.6) is 5.88 Å². The lowest BCUT2D eigenvalue weighted by atomic mass is 10.0. The van der Waals surface area contributed by atoms with Crippen molar-refractivity contribution < 1.29 is 14.8 Å². The lowest BCUT2D eigenvalue weighted by Gasteiger charge is -2.26. The number of carbonyl (C=O) groups excluding carboxylic acids is 1. The van der Waals surface area contributed by atoms with E-state index in [-0.39, 0.29) is 23.9 Å². The van der Waals surface area contributed by atoms with E-state index in [1.54, 1.807) is 30.3 Å². The van der Waals surface area contributed by atoms with E-state index < -0.39 is 4.92 Å². The molecule has 0 spiro atoms. The molecule has 0 unspecified atom stereocenters. The number of nitro benzene ring substituents is 1. The zero-order valence-electron chi connectivity index (χ0n) is 24.2. The first-order valence-corrected chi connectivity index (χ1v) is 14.8. The summed E-state index contributed by atoms with van der Waals surface area (Å²) >= 11 is 0. The van der Waals surface area contributed by atoms with Gasteiger partial charge in [-0.1, -0.05) is 61.0 Å². The number of benzene rings is 4. The largest absolute Gasteiger partial charge is 0.494 e. The minimum absolute atomic E-state index is 0.0184. The lowest BCUT2D eigenvalue weighted by molar-refractivity contribution is -0.384. The van der Waals surface area contributed by atoms with Gasteiger partial charge in [0, 0.05) is 40.8 Å². The van der Waals surface area contributed by atoms with Gasteiger partial charge in [0.1, 0.15) is 0 Å². The van der Waals surface area contributed by atoms with Crippen molar-refractivity contribution in [3.8, 4) is 5.88 Å². The molecular weight excluding hydrogens is 554 g/mol. The van der Waals surface area contributed by atoms with Crippen LogP contribution in [0.4, 0.5) is 17.1 Å². The standard InChI is InChI=1S/C35H33N5O4/c41-32(21-25-8-7-11-29(20-25)40(43)44)36-28-16-17-31-30(22-28)33(35(42)38-31)34(26-9-3-1-4-10-26)37-27-14-12-24(13-15-27)23-39-18-5-2-6-19-39/h1,3-4,7-17,20,22,38,42H,2,5-6,18-19,21,23H2,(H,36,41). The fourth-order valence-electron chi connectivity index (χ4n) is 5.71. The zero-order valence-corrected chi connectivity index (χ0v) is 24.2. The molecule has 1 amide bonds. The molecule has 0 atom stereocenters. The van der Waals surface area contributed by atoms with Crippen LogP contribution in [0.15, 0.2) is 102 Å². The lowest BCUT2D eigenvalue weighted by Crippen LogP contribution is -2.28. The molecule has 0 radical (unpaired) electrons. The van der Waals surface area contributed by atoms with Crippen molar-refractivity contribution in [1.82, 2.24) is 9.88 Å². The van der Waals surface area contributed by atoms with Gasteiger partial charge in [0.25, 0.3) is 5.69 Å². The van der Waals surface area contributed by atoms with Crippen LogP contribution in [-0.2, 0) is 17.8 Å². The Kier molecular flexibility index (Phi) is 8.47. The summed E-state index contributed by atoms with van der Waals surface area (Å²) < 4.78 is 0. The monoisotopic (exact) mass is 587 g/mol. The van der Waals surface area contributed by atoms with E-state index in [1.165, 1.54) is 37.0 Å². The number of nitro groups is 1. The number of hydrogen-bond acceptors (Lipinski definition) is 6. The summed E-state index contributed by atoms with van der Waals surface area (Å²) in [7, 11) is 0. The molecule has 6 rings (SSSR count). The molecule has 1 saturated heterocycles. The first-order chi connectivity index (χ1) is 21.4. The number of fused-ring (bicyclic) bond motifs is 1. The number of nitrogens with zero attached hydrogens (tertiary/aromatic N) is 3. The number of amides is 1. The topological polar surface area (TPSA) is 124 Å². The van der Waals surface area contributed by atoms with Gasteiger partial charge >= 0.3 is 0 Å². The van der Waals surface area contributed by atoms with Crippen molar-refractivity contribution in [1.29, 1.82) is 0 Å². The highest BCUT2D eigenvalue weighted by atomic mass is 16.6. The van der Waals surface area contributed by atoms with Gasteiger partial charge in [0.05, 0.1) is 28.3 Å². The van der Waals surface area contributed by atoms with Crippen LogP contribution in [0.1, 0.15) is 41.5 Å². The number of hydrogen-bond donors (Lipinski definition) is 3. The number of likely N-dealkylation sites (tertiary alicyclic amines) is 1. The van der Waals surface area contributed by atoms with E-state index in [2.05, 4.69) is 27.3 Å². The Hall–Kier alpha value is -5.28. The summed E-state index contributed by atoms with van der Waals surface area (Å²) in [5, 5.41) is 25.8. The Labute approximate surface area is 255 Å². The second kappa shape index (κ2) is 12.9. The molecule has 5 aromatic rings. The van der Waals surface area contributed by atoms with Gasteiger partial charge in [-0.15, -0.1) is 0 Å². The van der Waals surface area contributed by atoms with Crippen molar-refractivity contribution in [2.24, 2.45) is 4.99 Å². The average molecular weight is 588 g/mol. The quantitative estimate of drug-likeness (QED) is 0.0963. The number of nitrogens with one attached hydrogen (secondary N) is 2. The first kappa shape index (κ1) is 28.8. The first-order valence-electron chi connectivity index (χ1n) is 14.8. The molecule has 4 aromatic carbocycles. The number of non-ortho nitro benzene ring substituents is 1. The third-order valence-corrected chi connectivity index (χ3v) is 7.86. The van der Waals surface area contributed by atoms with Crippen LogP contribution in [0, 0.1) is 10.1 Å². The molecule has 222 valence electrons. The van der Waals surface area contributed by atoms with Crippen LogP contribution in [-0.4, -0.2) is 44.6 Å². The highest BCUT2D eigenvalue weighted by molar-refractivity contribution is 6.22. The molecule has 0 saturated carbocycles. The molecule has 3 N–H and O–H groups in total. The Balaban J connectivity index is 1.30.